The Morgan fingerprint density at radius 1 is 0.944 bits per heavy atom. The lowest BCUT2D eigenvalue weighted by Crippen LogP contribution is -2.15. The molecule has 0 saturated carbocycles. The number of carbonyl (C=O) groups is 2. The fourth-order valence-corrected chi connectivity index (χ4v) is 3.90. The fourth-order valence-electron chi connectivity index (χ4n) is 3.24. The zero-order valence-corrected chi connectivity index (χ0v) is 19.6. The maximum absolute atomic E-state index is 12.5. The van der Waals surface area contributed by atoms with Gasteiger partial charge in [-0.05, 0) is 42.5 Å². The van der Waals surface area contributed by atoms with Gasteiger partial charge in [-0.25, -0.2) is 9.97 Å². The lowest BCUT2D eigenvalue weighted by atomic mass is 10.2. The number of aromatic nitrogens is 2. The minimum atomic E-state index is -0.466. The third-order valence-electron chi connectivity index (χ3n) is 4.83. The predicted molar refractivity (Wildman–Crippen MR) is 141 cm³/mol. The van der Waals surface area contributed by atoms with Crippen molar-refractivity contribution in [1.82, 2.24) is 9.97 Å². The second-order valence-electron chi connectivity index (χ2n) is 7.42. The molecule has 0 unspecified atom stereocenters. The first-order valence-electron chi connectivity index (χ1n) is 10.7. The van der Waals surface area contributed by atoms with Crippen LogP contribution in [0.2, 0.25) is 0 Å². The van der Waals surface area contributed by atoms with Crippen molar-refractivity contribution in [3.63, 3.8) is 0 Å². The number of fused-ring (bicyclic) bond motifs is 1. The second-order valence-corrected chi connectivity index (χ2v) is 8.36. The van der Waals surface area contributed by atoms with Gasteiger partial charge in [0.15, 0.2) is 5.16 Å². The van der Waals surface area contributed by atoms with Crippen LogP contribution in [0.25, 0.3) is 10.9 Å². The summed E-state index contributed by atoms with van der Waals surface area (Å²) in [5.74, 6) is -0.124. The number of amides is 2. The van der Waals surface area contributed by atoms with Crippen LogP contribution in [-0.2, 0) is 9.59 Å². The normalized spacial score (nSPS) is 10.4. The molecule has 36 heavy (non-hydrogen) atoms. The van der Waals surface area contributed by atoms with Crippen LogP contribution in [0.3, 0.4) is 0 Å². The molecule has 10 nitrogen and oxygen atoms in total. The number of para-hydroxylation sites is 1. The zero-order chi connectivity index (χ0) is 25.5. The van der Waals surface area contributed by atoms with Crippen molar-refractivity contribution in [1.29, 1.82) is 0 Å². The molecular weight excluding hydrogens is 480 g/mol. The van der Waals surface area contributed by atoms with E-state index < -0.39 is 4.92 Å². The number of benzene rings is 3. The van der Waals surface area contributed by atoms with Crippen LogP contribution in [0.5, 0.6) is 0 Å². The van der Waals surface area contributed by atoms with Crippen molar-refractivity contribution in [2.24, 2.45) is 0 Å². The van der Waals surface area contributed by atoms with Crippen LogP contribution < -0.4 is 16.0 Å². The third-order valence-corrected chi connectivity index (χ3v) is 5.68. The molecule has 180 valence electrons. The number of nitrogens with one attached hydrogen (secondary N) is 3. The van der Waals surface area contributed by atoms with Gasteiger partial charge in [-0.1, -0.05) is 42.6 Å². The predicted octanol–water partition coefficient (Wildman–Crippen LogP) is 5.14. The Labute approximate surface area is 210 Å². The SMILES string of the molecule is C=CC(=O)Nc1cccc(NC(=O)CSc2nc(Nc3cccc([N+](=O)[O-])c3)c3ccccc3n2)c1. The number of anilines is 4. The van der Waals surface area contributed by atoms with Gasteiger partial charge in [0, 0.05) is 34.6 Å². The van der Waals surface area contributed by atoms with Crippen LogP contribution in [0, 0.1) is 10.1 Å². The van der Waals surface area contributed by atoms with Crippen LogP contribution in [-0.4, -0.2) is 32.5 Å². The Balaban J connectivity index is 1.49. The van der Waals surface area contributed by atoms with Crippen molar-refractivity contribution in [3.05, 3.63) is 95.6 Å². The van der Waals surface area contributed by atoms with Crippen molar-refractivity contribution in [2.75, 3.05) is 21.7 Å². The van der Waals surface area contributed by atoms with Gasteiger partial charge in [-0.3, -0.25) is 19.7 Å². The summed E-state index contributed by atoms with van der Waals surface area (Å²) in [6.45, 7) is 3.41. The molecule has 0 aliphatic carbocycles. The fraction of sp³-hybridized carbons (Fsp3) is 0.0400. The van der Waals surface area contributed by atoms with Crippen LogP contribution in [0.1, 0.15) is 0 Å². The molecule has 0 saturated heterocycles. The Bertz CT molecular complexity index is 1480. The molecule has 0 aliphatic rings. The van der Waals surface area contributed by atoms with Gasteiger partial charge in [0.25, 0.3) is 5.69 Å². The van der Waals surface area contributed by atoms with Crippen LogP contribution in [0.4, 0.5) is 28.6 Å². The highest BCUT2D eigenvalue weighted by Crippen LogP contribution is 2.28. The standard InChI is InChI=1S/C25H20N6O4S/c1-2-22(32)26-16-7-5-8-17(13-16)27-23(33)15-36-25-29-21-12-4-3-11-20(21)24(30-25)28-18-9-6-10-19(14-18)31(34)35/h2-14H,1,15H2,(H,26,32)(H,27,33)(H,28,29,30). The lowest BCUT2D eigenvalue weighted by Gasteiger charge is -2.11. The van der Waals surface area contributed by atoms with Gasteiger partial charge in [-0.15, -0.1) is 0 Å². The molecule has 2 amide bonds. The van der Waals surface area contributed by atoms with Gasteiger partial charge in [0.05, 0.1) is 16.2 Å². The molecule has 4 aromatic rings. The first kappa shape index (κ1) is 24.4. The molecule has 3 N–H and O–H groups in total. The Morgan fingerprint density at radius 2 is 1.67 bits per heavy atom. The van der Waals surface area contributed by atoms with Gasteiger partial charge in [-0.2, -0.15) is 0 Å². The van der Waals surface area contributed by atoms with Crippen molar-refractivity contribution < 1.29 is 14.5 Å². The molecule has 1 heterocycles. The molecule has 0 aliphatic heterocycles. The minimum Gasteiger partial charge on any atom is -0.339 e. The van der Waals surface area contributed by atoms with E-state index in [4.69, 9.17) is 0 Å². The number of nitro groups is 1. The number of nitro benzene ring substituents is 1. The summed E-state index contributed by atoms with van der Waals surface area (Å²) < 4.78 is 0. The number of nitrogens with zero attached hydrogens (tertiary/aromatic N) is 3. The summed E-state index contributed by atoms with van der Waals surface area (Å²) in [5.41, 5.74) is 2.17. The van der Waals surface area contributed by atoms with Crippen LogP contribution >= 0.6 is 11.8 Å². The summed E-state index contributed by atoms with van der Waals surface area (Å²) in [5, 5.41) is 20.8. The quantitative estimate of drug-likeness (QED) is 0.0944. The molecule has 0 fully saturated rings. The maximum atomic E-state index is 12.5. The Morgan fingerprint density at radius 3 is 2.44 bits per heavy atom. The van der Waals surface area contributed by atoms with Gasteiger partial charge >= 0.3 is 0 Å². The molecule has 11 heteroatoms. The molecule has 4 rings (SSSR count). The molecule has 3 aromatic carbocycles. The summed E-state index contributed by atoms with van der Waals surface area (Å²) >= 11 is 1.15. The number of carbonyl (C=O) groups excluding carboxylic acids is 2. The van der Waals surface area contributed by atoms with E-state index in [1.54, 1.807) is 36.4 Å². The Hall–Kier alpha value is -4.77. The highest BCUT2D eigenvalue weighted by atomic mass is 32.2. The lowest BCUT2D eigenvalue weighted by molar-refractivity contribution is -0.384. The van der Waals surface area contributed by atoms with Gasteiger partial charge in [0.1, 0.15) is 5.82 Å². The summed E-state index contributed by atoms with van der Waals surface area (Å²) in [6.07, 6.45) is 1.16. The third kappa shape index (κ3) is 6.21. The van der Waals surface area contributed by atoms with Crippen molar-refractivity contribution in [3.8, 4) is 0 Å². The number of thioether (sulfide) groups is 1. The molecular formula is C25H20N6O4S. The van der Waals surface area contributed by atoms with E-state index in [0.29, 0.717) is 33.6 Å². The van der Waals surface area contributed by atoms with Gasteiger partial charge < -0.3 is 16.0 Å². The van der Waals surface area contributed by atoms with E-state index >= 15 is 0 Å². The largest absolute Gasteiger partial charge is 0.339 e. The topological polar surface area (TPSA) is 139 Å². The van der Waals surface area contributed by atoms with Crippen molar-refractivity contribution >= 4 is 63.0 Å². The second kappa shape index (κ2) is 11.1. The number of non-ortho nitro benzene ring substituents is 1. The Kier molecular flexibility index (Phi) is 7.51. The van der Waals surface area contributed by atoms with E-state index in [-0.39, 0.29) is 23.3 Å². The summed E-state index contributed by atoms with van der Waals surface area (Å²) in [6, 6.07) is 20.2. The average molecular weight is 501 g/mol. The molecule has 1 aromatic heterocycles. The van der Waals surface area contributed by atoms with Crippen LogP contribution in [0.15, 0.2) is 90.6 Å². The molecule has 0 radical (unpaired) electrons. The average Bonchev–Trinajstić information content (AvgIpc) is 2.88. The summed E-state index contributed by atoms with van der Waals surface area (Å²) in [4.78, 5) is 43.8. The van der Waals surface area contributed by atoms with E-state index in [1.165, 1.54) is 12.1 Å². The number of rotatable bonds is 9. The van der Waals surface area contributed by atoms with Crippen molar-refractivity contribution in [2.45, 2.75) is 5.16 Å². The molecule has 0 bridgehead atoms. The van der Waals surface area contributed by atoms with E-state index in [2.05, 4.69) is 32.5 Å². The number of hydrogen-bond acceptors (Lipinski definition) is 8. The number of hydrogen-bond donors (Lipinski definition) is 3. The zero-order valence-electron chi connectivity index (χ0n) is 18.8. The molecule has 0 atom stereocenters. The van der Waals surface area contributed by atoms with E-state index in [0.717, 1.165) is 23.2 Å². The highest BCUT2D eigenvalue weighted by molar-refractivity contribution is 7.99. The van der Waals surface area contributed by atoms with Gasteiger partial charge in [0.2, 0.25) is 11.8 Å². The monoisotopic (exact) mass is 500 g/mol. The van der Waals surface area contributed by atoms with E-state index in [1.807, 2.05) is 24.3 Å². The molecule has 0 spiro atoms. The first-order valence-corrected chi connectivity index (χ1v) is 11.6. The van der Waals surface area contributed by atoms with E-state index in [9.17, 15) is 19.7 Å². The highest BCUT2D eigenvalue weighted by Gasteiger charge is 2.13. The summed E-state index contributed by atoms with van der Waals surface area (Å²) in [7, 11) is 0. The maximum Gasteiger partial charge on any atom is 0.271 e. The minimum absolute atomic E-state index is 0.0395. The first-order chi connectivity index (χ1) is 17.4. The smallest absolute Gasteiger partial charge is 0.271 e.